The number of quaternary nitrogens is 1. The lowest BCUT2D eigenvalue weighted by Crippen LogP contribution is -2.87. The number of aryl methyl sites for hydroxylation is 1. The van der Waals surface area contributed by atoms with Crippen LogP contribution >= 0.6 is 11.3 Å². The van der Waals surface area contributed by atoms with E-state index in [4.69, 9.17) is 4.42 Å². The zero-order valence-corrected chi connectivity index (χ0v) is 15.6. The van der Waals surface area contributed by atoms with Crippen molar-refractivity contribution in [2.75, 3.05) is 11.9 Å². The minimum Gasteiger partial charge on any atom is -0.463 e. The number of furan rings is 1. The van der Waals surface area contributed by atoms with Crippen molar-refractivity contribution >= 4 is 22.2 Å². The maximum Gasteiger partial charge on any atom is 0.280 e. The summed E-state index contributed by atoms with van der Waals surface area (Å²) in [5.41, 5.74) is 2.85. The van der Waals surface area contributed by atoms with Crippen molar-refractivity contribution in [1.29, 1.82) is 5.26 Å². The average Bonchev–Trinajstić information content (AvgIpc) is 3.40. The highest BCUT2D eigenvalue weighted by Crippen LogP contribution is 2.38. The predicted molar refractivity (Wildman–Crippen MR) is 103 cm³/mol. The van der Waals surface area contributed by atoms with Gasteiger partial charge >= 0.3 is 0 Å². The van der Waals surface area contributed by atoms with Gasteiger partial charge < -0.3 is 15.1 Å². The van der Waals surface area contributed by atoms with Crippen molar-refractivity contribution in [3.8, 4) is 6.07 Å². The summed E-state index contributed by atoms with van der Waals surface area (Å²) in [7, 11) is 0. The molecule has 0 aliphatic heterocycles. The van der Waals surface area contributed by atoms with Gasteiger partial charge in [-0.25, -0.2) is 0 Å². The Balaban J connectivity index is 1.46. The summed E-state index contributed by atoms with van der Waals surface area (Å²) in [5.74, 6) is 0.695. The first kappa shape index (κ1) is 17.5. The van der Waals surface area contributed by atoms with E-state index >= 15 is 0 Å². The van der Waals surface area contributed by atoms with Crippen LogP contribution in [0.2, 0.25) is 0 Å². The van der Waals surface area contributed by atoms with Crippen LogP contribution in [0.1, 0.15) is 39.8 Å². The van der Waals surface area contributed by atoms with Crippen molar-refractivity contribution < 1.29 is 14.5 Å². The first-order valence-corrected chi connectivity index (χ1v) is 9.84. The molecule has 0 saturated carbocycles. The van der Waals surface area contributed by atoms with E-state index in [1.54, 1.807) is 17.6 Å². The molecule has 1 aliphatic carbocycles. The number of benzene rings is 1. The van der Waals surface area contributed by atoms with Gasteiger partial charge in [0.15, 0.2) is 18.3 Å². The molecule has 0 unspecified atom stereocenters. The number of nitrogens with two attached hydrogens (primary N) is 1. The topological polar surface area (TPSA) is 82.6 Å². The number of hydrogen-bond acceptors (Lipinski definition) is 4. The highest BCUT2D eigenvalue weighted by Gasteiger charge is 2.25. The Kier molecular flexibility index (Phi) is 5.05. The van der Waals surface area contributed by atoms with Crippen molar-refractivity contribution in [3.05, 3.63) is 76.1 Å². The minimum absolute atomic E-state index is 0.0873. The van der Waals surface area contributed by atoms with Crippen LogP contribution in [0.5, 0.6) is 0 Å². The number of hydrogen-bond donors (Lipinski definition) is 2. The number of nitrogens with zero attached hydrogens (tertiary/aromatic N) is 1. The van der Waals surface area contributed by atoms with Gasteiger partial charge in [-0.2, -0.15) is 5.26 Å². The lowest BCUT2D eigenvalue weighted by atomic mass is 10.0. The molecular formula is C21H20N3O2S+. The van der Waals surface area contributed by atoms with Gasteiger partial charge in [0, 0.05) is 10.4 Å². The highest BCUT2D eigenvalue weighted by molar-refractivity contribution is 7.16. The van der Waals surface area contributed by atoms with Crippen LogP contribution in [0, 0.1) is 11.3 Å². The smallest absolute Gasteiger partial charge is 0.280 e. The first-order valence-electron chi connectivity index (χ1n) is 9.02. The van der Waals surface area contributed by atoms with Gasteiger partial charge in [0.2, 0.25) is 0 Å². The second-order valence-electron chi connectivity index (χ2n) is 6.57. The molecule has 0 bridgehead atoms. The number of thiophene rings is 1. The number of carbonyl (C=O) groups excluding carboxylic acids is 1. The van der Waals surface area contributed by atoms with Crippen LogP contribution in [0.4, 0.5) is 5.00 Å². The van der Waals surface area contributed by atoms with E-state index in [2.05, 4.69) is 11.4 Å². The summed E-state index contributed by atoms with van der Waals surface area (Å²) in [5, 5.41) is 15.0. The van der Waals surface area contributed by atoms with E-state index in [9.17, 15) is 10.1 Å². The van der Waals surface area contributed by atoms with Crippen LogP contribution in [-0.2, 0) is 17.6 Å². The van der Waals surface area contributed by atoms with Crippen molar-refractivity contribution in [1.82, 2.24) is 0 Å². The SMILES string of the molecule is N#Cc1c(NC(=O)C[NH2+][C@@H](c2ccccc2)c2ccco2)sc2c1CCC2. The van der Waals surface area contributed by atoms with Gasteiger partial charge in [-0.1, -0.05) is 30.3 Å². The van der Waals surface area contributed by atoms with Gasteiger partial charge in [-0.05, 0) is 37.0 Å². The molecule has 4 rings (SSSR count). The third kappa shape index (κ3) is 3.65. The Morgan fingerprint density at radius 1 is 1.26 bits per heavy atom. The largest absolute Gasteiger partial charge is 0.463 e. The quantitative estimate of drug-likeness (QED) is 0.692. The number of fused-ring (bicyclic) bond motifs is 1. The normalized spacial score (nSPS) is 13.7. The monoisotopic (exact) mass is 378 g/mol. The Bertz CT molecular complexity index is 971. The van der Waals surface area contributed by atoms with E-state index in [-0.39, 0.29) is 18.5 Å². The molecule has 6 heteroatoms. The summed E-state index contributed by atoms with van der Waals surface area (Å²) in [4.78, 5) is 13.8. The third-order valence-electron chi connectivity index (χ3n) is 4.83. The number of amides is 1. The second-order valence-corrected chi connectivity index (χ2v) is 7.67. The molecule has 27 heavy (non-hydrogen) atoms. The fourth-order valence-electron chi connectivity index (χ4n) is 3.56. The van der Waals surface area contributed by atoms with Crippen LogP contribution in [0.15, 0.2) is 53.1 Å². The first-order chi connectivity index (χ1) is 13.3. The van der Waals surface area contributed by atoms with E-state index < -0.39 is 0 Å². The maximum absolute atomic E-state index is 12.5. The Labute approximate surface area is 161 Å². The van der Waals surface area contributed by atoms with Crippen LogP contribution in [-0.4, -0.2) is 12.5 Å². The molecule has 0 radical (unpaired) electrons. The fraction of sp³-hybridized carbons (Fsp3) is 0.238. The van der Waals surface area contributed by atoms with Crippen LogP contribution in [0.25, 0.3) is 0 Å². The summed E-state index contributed by atoms with van der Waals surface area (Å²) < 4.78 is 5.57. The molecule has 5 nitrogen and oxygen atoms in total. The van der Waals surface area contributed by atoms with Crippen LogP contribution in [0.3, 0.4) is 0 Å². The van der Waals surface area contributed by atoms with E-state index in [0.717, 1.165) is 36.1 Å². The summed E-state index contributed by atoms with van der Waals surface area (Å²) in [6, 6.07) is 15.9. The second kappa shape index (κ2) is 7.78. The van der Waals surface area contributed by atoms with Crippen molar-refractivity contribution in [2.45, 2.75) is 25.3 Å². The zero-order chi connectivity index (χ0) is 18.6. The molecule has 0 fully saturated rings. The maximum atomic E-state index is 12.5. The summed E-state index contributed by atoms with van der Waals surface area (Å²) in [6.07, 6.45) is 4.68. The molecule has 1 atom stereocenters. The Hall–Kier alpha value is -2.88. The molecule has 136 valence electrons. The van der Waals surface area contributed by atoms with Gasteiger partial charge in [0.05, 0.1) is 11.8 Å². The number of rotatable bonds is 6. The van der Waals surface area contributed by atoms with E-state index in [0.29, 0.717) is 10.6 Å². The van der Waals surface area contributed by atoms with Crippen molar-refractivity contribution in [2.24, 2.45) is 0 Å². The fourth-order valence-corrected chi connectivity index (χ4v) is 4.81. The van der Waals surface area contributed by atoms with Gasteiger partial charge in [-0.3, -0.25) is 4.79 Å². The lowest BCUT2D eigenvalue weighted by molar-refractivity contribution is -0.678. The molecule has 3 N–H and O–H groups in total. The molecule has 0 saturated heterocycles. The molecule has 3 aromatic rings. The Morgan fingerprint density at radius 2 is 2.11 bits per heavy atom. The average molecular weight is 378 g/mol. The lowest BCUT2D eigenvalue weighted by Gasteiger charge is -2.13. The van der Waals surface area contributed by atoms with E-state index in [1.165, 1.54) is 4.88 Å². The van der Waals surface area contributed by atoms with E-state index in [1.807, 2.05) is 47.8 Å². The molecule has 1 aromatic carbocycles. The summed E-state index contributed by atoms with van der Waals surface area (Å²) in [6.45, 7) is 0.244. The molecule has 1 amide bonds. The molecule has 2 heterocycles. The number of anilines is 1. The van der Waals surface area contributed by atoms with Gasteiger partial charge in [0.1, 0.15) is 11.1 Å². The molecule has 2 aromatic heterocycles. The van der Waals surface area contributed by atoms with Gasteiger partial charge in [-0.15, -0.1) is 11.3 Å². The minimum atomic E-state index is -0.112. The molecule has 1 aliphatic rings. The molecular weight excluding hydrogens is 358 g/mol. The van der Waals surface area contributed by atoms with Gasteiger partial charge in [0.25, 0.3) is 5.91 Å². The van der Waals surface area contributed by atoms with Crippen LogP contribution < -0.4 is 10.6 Å². The van der Waals surface area contributed by atoms with Crippen molar-refractivity contribution in [3.63, 3.8) is 0 Å². The summed E-state index contributed by atoms with van der Waals surface area (Å²) >= 11 is 1.54. The Morgan fingerprint density at radius 3 is 2.85 bits per heavy atom. The standard InChI is InChI=1S/C21H19N3O2S/c22-12-16-15-8-4-10-18(15)27-21(16)24-19(25)13-23-20(17-9-5-11-26-17)14-6-2-1-3-7-14/h1-3,5-7,9,11,20,23H,4,8,10,13H2,(H,24,25)/p+1/t20-/m0/s1. The highest BCUT2D eigenvalue weighted by atomic mass is 32.1. The number of carbonyl (C=O) groups is 1. The predicted octanol–water partition coefficient (Wildman–Crippen LogP) is 2.99. The third-order valence-corrected chi connectivity index (χ3v) is 6.04. The number of nitrogens with one attached hydrogen (secondary N) is 1. The number of nitriles is 1. The zero-order valence-electron chi connectivity index (χ0n) is 14.8. The molecule has 0 spiro atoms.